The Balaban J connectivity index is 1.84. The predicted molar refractivity (Wildman–Crippen MR) is 99.8 cm³/mol. The van der Waals surface area contributed by atoms with E-state index >= 15 is 0 Å². The topological polar surface area (TPSA) is 57.7 Å². The third kappa shape index (κ3) is 5.68. The highest BCUT2D eigenvalue weighted by atomic mass is 16.5. The zero-order chi connectivity index (χ0) is 18.4. The van der Waals surface area contributed by atoms with E-state index in [2.05, 4.69) is 49.0 Å². The molecule has 0 spiro atoms. The van der Waals surface area contributed by atoms with Crippen molar-refractivity contribution in [2.45, 2.75) is 45.7 Å². The summed E-state index contributed by atoms with van der Waals surface area (Å²) in [5, 5.41) is 3.08. The Labute approximate surface area is 151 Å². The number of morpholine rings is 1. The first-order valence-electron chi connectivity index (χ1n) is 9.04. The molecule has 1 atom stereocenters. The van der Waals surface area contributed by atoms with Gasteiger partial charge in [0, 0.05) is 56.6 Å². The Morgan fingerprint density at radius 3 is 2.76 bits per heavy atom. The van der Waals surface area contributed by atoms with Crippen LogP contribution in [0.25, 0.3) is 0 Å². The monoisotopic (exact) mass is 348 g/mol. The molecule has 6 nitrogen and oxygen atoms in total. The highest BCUT2D eigenvalue weighted by Gasteiger charge is 2.29. The molecule has 25 heavy (non-hydrogen) atoms. The SMILES string of the molecule is Cc1ccnc(C[C@@H](C)N(C)C(=O)NCC(C)(C)N2CCOCC2)c1. The fourth-order valence-corrected chi connectivity index (χ4v) is 3.05. The molecular formula is C19H32N4O2. The number of carbonyl (C=O) groups excluding carboxylic acids is 1. The Kier molecular flexibility index (Phi) is 6.79. The van der Waals surface area contributed by atoms with Gasteiger partial charge < -0.3 is 15.0 Å². The molecule has 0 aromatic carbocycles. The minimum atomic E-state index is -0.0817. The quantitative estimate of drug-likeness (QED) is 0.855. The maximum atomic E-state index is 12.5. The second-order valence-electron chi connectivity index (χ2n) is 7.56. The number of rotatable bonds is 6. The van der Waals surface area contributed by atoms with E-state index < -0.39 is 0 Å². The van der Waals surface area contributed by atoms with E-state index in [-0.39, 0.29) is 17.6 Å². The van der Waals surface area contributed by atoms with Crippen LogP contribution in [0.1, 0.15) is 32.0 Å². The summed E-state index contributed by atoms with van der Waals surface area (Å²) in [5.74, 6) is 0. The van der Waals surface area contributed by atoms with Crippen LogP contribution in [-0.4, -0.2) is 72.3 Å². The van der Waals surface area contributed by atoms with Crippen molar-refractivity contribution in [2.24, 2.45) is 0 Å². The van der Waals surface area contributed by atoms with Gasteiger partial charge in [0.05, 0.1) is 13.2 Å². The first-order valence-corrected chi connectivity index (χ1v) is 9.04. The van der Waals surface area contributed by atoms with Crippen molar-refractivity contribution in [2.75, 3.05) is 39.9 Å². The molecule has 1 aromatic rings. The number of amides is 2. The Bertz CT molecular complexity index is 570. The molecule has 1 aliphatic rings. The minimum absolute atomic E-state index is 0.0403. The van der Waals surface area contributed by atoms with Crippen molar-refractivity contribution in [1.29, 1.82) is 0 Å². The molecule has 140 valence electrons. The number of ether oxygens (including phenoxy) is 1. The lowest BCUT2D eigenvalue weighted by atomic mass is 10.0. The van der Waals surface area contributed by atoms with E-state index in [0.717, 1.165) is 38.4 Å². The fraction of sp³-hybridized carbons (Fsp3) is 0.684. The molecule has 1 aromatic heterocycles. The zero-order valence-corrected chi connectivity index (χ0v) is 16.2. The highest BCUT2D eigenvalue weighted by Crippen LogP contribution is 2.15. The van der Waals surface area contributed by atoms with Gasteiger partial charge in [0.25, 0.3) is 0 Å². The lowest BCUT2D eigenvalue weighted by Crippen LogP contribution is -2.56. The number of urea groups is 1. The molecule has 1 N–H and O–H groups in total. The van der Waals surface area contributed by atoms with Gasteiger partial charge in [-0.15, -0.1) is 0 Å². The number of nitrogens with one attached hydrogen (secondary N) is 1. The van der Waals surface area contributed by atoms with Gasteiger partial charge in [-0.3, -0.25) is 9.88 Å². The third-order valence-electron chi connectivity index (χ3n) is 5.00. The van der Waals surface area contributed by atoms with Crippen LogP contribution in [0.4, 0.5) is 4.79 Å². The number of hydrogen-bond donors (Lipinski definition) is 1. The normalized spacial score (nSPS) is 17.2. The molecule has 1 aliphatic heterocycles. The molecule has 2 amide bonds. The number of nitrogens with zero attached hydrogens (tertiary/aromatic N) is 3. The smallest absolute Gasteiger partial charge is 0.317 e. The zero-order valence-electron chi connectivity index (χ0n) is 16.2. The summed E-state index contributed by atoms with van der Waals surface area (Å²) >= 11 is 0. The lowest BCUT2D eigenvalue weighted by Gasteiger charge is -2.41. The number of hydrogen-bond acceptors (Lipinski definition) is 4. The average Bonchev–Trinajstić information content (AvgIpc) is 2.60. The van der Waals surface area contributed by atoms with Crippen LogP contribution >= 0.6 is 0 Å². The molecule has 1 saturated heterocycles. The molecule has 6 heteroatoms. The number of aromatic nitrogens is 1. The Morgan fingerprint density at radius 2 is 2.12 bits per heavy atom. The molecule has 2 rings (SSSR count). The Morgan fingerprint density at radius 1 is 1.44 bits per heavy atom. The van der Waals surface area contributed by atoms with Crippen molar-refractivity contribution in [1.82, 2.24) is 20.1 Å². The molecule has 1 fully saturated rings. The van der Waals surface area contributed by atoms with Gasteiger partial charge in [-0.25, -0.2) is 4.79 Å². The van der Waals surface area contributed by atoms with E-state index in [1.165, 1.54) is 5.56 Å². The largest absolute Gasteiger partial charge is 0.379 e. The number of carbonyl (C=O) groups is 1. The summed E-state index contributed by atoms with van der Waals surface area (Å²) in [4.78, 5) is 21.0. The first kappa shape index (κ1) is 19.7. The van der Waals surface area contributed by atoms with Gasteiger partial charge in [-0.1, -0.05) is 0 Å². The maximum Gasteiger partial charge on any atom is 0.317 e. The number of aryl methyl sites for hydroxylation is 1. The van der Waals surface area contributed by atoms with Crippen LogP contribution in [0.2, 0.25) is 0 Å². The molecule has 0 radical (unpaired) electrons. The van der Waals surface area contributed by atoms with Gasteiger partial charge in [-0.05, 0) is 45.4 Å². The molecule has 0 unspecified atom stereocenters. The van der Waals surface area contributed by atoms with E-state index in [4.69, 9.17) is 4.74 Å². The Hall–Kier alpha value is -1.66. The van der Waals surface area contributed by atoms with Crippen LogP contribution in [0.5, 0.6) is 0 Å². The summed E-state index contributed by atoms with van der Waals surface area (Å²) < 4.78 is 5.41. The molecule has 0 bridgehead atoms. The number of likely N-dealkylation sites (N-methyl/N-ethyl adjacent to an activating group) is 1. The van der Waals surface area contributed by atoms with Crippen molar-refractivity contribution >= 4 is 6.03 Å². The lowest BCUT2D eigenvalue weighted by molar-refractivity contribution is -0.00906. The van der Waals surface area contributed by atoms with Crippen LogP contribution < -0.4 is 5.32 Å². The minimum Gasteiger partial charge on any atom is -0.379 e. The summed E-state index contributed by atoms with van der Waals surface area (Å²) in [6.45, 7) is 12.4. The van der Waals surface area contributed by atoms with Crippen LogP contribution in [0.15, 0.2) is 18.3 Å². The van der Waals surface area contributed by atoms with E-state index in [0.29, 0.717) is 6.54 Å². The van der Waals surface area contributed by atoms with Crippen molar-refractivity contribution < 1.29 is 9.53 Å². The van der Waals surface area contributed by atoms with Gasteiger partial charge >= 0.3 is 6.03 Å². The molecule has 2 heterocycles. The van der Waals surface area contributed by atoms with E-state index in [9.17, 15) is 4.79 Å². The number of pyridine rings is 1. The predicted octanol–water partition coefficient (Wildman–Crippen LogP) is 2.07. The van der Waals surface area contributed by atoms with Crippen molar-refractivity contribution in [3.05, 3.63) is 29.6 Å². The van der Waals surface area contributed by atoms with Crippen LogP contribution in [0.3, 0.4) is 0 Å². The van der Waals surface area contributed by atoms with E-state index in [1.807, 2.05) is 19.3 Å². The van der Waals surface area contributed by atoms with Crippen molar-refractivity contribution in [3.8, 4) is 0 Å². The second-order valence-corrected chi connectivity index (χ2v) is 7.56. The maximum absolute atomic E-state index is 12.5. The first-order chi connectivity index (χ1) is 11.8. The van der Waals surface area contributed by atoms with Crippen LogP contribution in [0, 0.1) is 6.92 Å². The summed E-state index contributed by atoms with van der Waals surface area (Å²) in [6, 6.07) is 4.10. The van der Waals surface area contributed by atoms with Crippen molar-refractivity contribution in [3.63, 3.8) is 0 Å². The second kappa shape index (κ2) is 8.63. The highest BCUT2D eigenvalue weighted by molar-refractivity contribution is 5.74. The standard InChI is InChI=1S/C19H32N4O2/c1-15-6-7-20-17(12-15)13-16(2)22(5)18(24)21-14-19(3,4)23-8-10-25-11-9-23/h6-7,12,16H,8-11,13-14H2,1-5H3,(H,21,24)/t16-/m1/s1. The van der Waals surface area contributed by atoms with Gasteiger partial charge in [0.1, 0.15) is 0 Å². The fourth-order valence-electron chi connectivity index (χ4n) is 3.05. The average molecular weight is 348 g/mol. The van der Waals surface area contributed by atoms with Gasteiger partial charge in [0.2, 0.25) is 0 Å². The molecular weight excluding hydrogens is 316 g/mol. The summed E-state index contributed by atoms with van der Waals surface area (Å²) in [7, 11) is 1.84. The van der Waals surface area contributed by atoms with Gasteiger partial charge in [-0.2, -0.15) is 0 Å². The molecule has 0 saturated carbocycles. The van der Waals surface area contributed by atoms with E-state index in [1.54, 1.807) is 4.90 Å². The third-order valence-corrected chi connectivity index (χ3v) is 5.00. The van der Waals surface area contributed by atoms with Gasteiger partial charge in [0.15, 0.2) is 0 Å². The summed E-state index contributed by atoms with van der Waals surface area (Å²) in [6.07, 6.45) is 2.57. The summed E-state index contributed by atoms with van der Waals surface area (Å²) in [5.41, 5.74) is 2.12. The molecule has 0 aliphatic carbocycles. The van der Waals surface area contributed by atoms with Crippen LogP contribution in [-0.2, 0) is 11.2 Å².